The van der Waals surface area contributed by atoms with Crippen molar-refractivity contribution < 1.29 is 9.53 Å². The van der Waals surface area contributed by atoms with Crippen LogP contribution in [0.1, 0.15) is 13.8 Å². The number of hydrogen-bond acceptors (Lipinski definition) is 3. The number of carbonyl (C=O) groups excluding carboxylic acids is 1. The maximum atomic E-state index is 12.4. The molecule has 1 saturated heterocycles. The summed E-state index contributed by atoms with van der Waals surface area (Å²) >= 11 is 0. The summed E-state index contributed by atoms with van der Waals surface area (Å²) in [4.78, 5) is 14.2. The fourth-order valence-electron chi connectivity index (χ4n) is 3.08. The molecule has 0 saturated carbocycles. The molecule has 0 bridgehead atoms. The Morgan fingerprint density at radius 1 is 1.00 bits per heavy atom. The van der Waals surface area contributed by atoms with Gasteiger partial charge >= 0.3 is 0 Å². The zero-order valence-electron chi connectivity index (χ0n) is 14.2. The molecule has 2 atom stereocenters. The van der Waals surface area contributed by atoms with Crippen molar-refractivity contribution in [3.63, 3.8) is 0 Å². The molecule has 2 unspecified atom stereocenters. The fourth-order valence-corrected chi connectivity index (χ4v) is 3.08. The van der Waals surface area contributed by atoms with Gasteiger partial charge in [0.2, 0.25) is 5.91 Å². The predicted molar refractivity (Wildman–Crippen MR) is 97.0 cm³/mol. The zero-order valence-corrected chi connectivity index (χ0v) is 14.2. The van der Waals surface area contributed by atoms with Crippen molar-refractivity contribution in [2.75, 3.05) is 25.0 Å². The molecule has 3 rings (SSSR count). The van der Waals surface area contributed by atoms with E-state index in [-0.39, 0.29) is 18.1 Å². The molecule has 24 heavy (non-hydrogen) atoms. The van der Waals surface area contributed by atoms with Gasteiger partial charge < -0.3 is 15.0 Å². The number of anilines is 1. The van der Waals surface area contributed by atoms with Gasteiger partial charge in [0.25, 0.3) is 0 Å². The van der Waals surface area contributed by atoms with Crippen molar-refractivity contribution >= 4 is 11.6 Å². The van der Waals surface area contributed by atoms with Crippen molar-refractivity contribution in [2.24, 2.45) is 0 Å². The third-order valence-electron chi connectivity index (χ3n) is 4.21. The van der Waals surface area contributed by atoms with Crippen LogP contribution in [-0.4, -0.2) is 42.6 Å². The number of benzene rings is 2. The van der Waals surface area contributed by atoms with Crippen LogP contribution in [0.25, 0.3) is 11.1 Å². The predicted octanol–water partition coefficient (Wildman–Crippen LogP) is 3.40. The molecule has 0 aliphatic carbocycles. The second-order valence-electron chi connectivity index (χ2n) is 6.35. The number of nitrogens with zero attached hydrogens (tertiary/aromatic N) is 1. The van der Waals surface area contributed by atoms with E-state index >= 15 is 0 Å². The summed E-state index contributed by atoms with van der Waals surface area (Å²) in [5.74, 6) is 0.115. The molecule has 2 aromatic rings. The lowest BCUT2D eigenvalue weighted by atomic mass is 10.1. The van der Waals surface area contributed by atoms with Crippen molar-refractivity contribution in [2.45, 2.75) is 26.1 Å². The van der Waals surface area contributed by atoms with Crippen LogP contribution in [0.15, 0.2) is 54.6 Å². The molecule has 1 amide bonds. The third kappa shape index (κ3) is 4.15. The molecule has 1 aliphatic heterocycles. The Hall–Kier alpha value is -2.33. The third-order valence-corrected chi connectivity index (χ3v) is 4.21. The Labute approximate surface area is 143 Å². The van der Waals surface area contributed by atoms with Gasteiger partial charge in [0.05, 0.1) is 18.8 Å². The van der Waals surface area contributed by atoms with Gasteiger partial charge in [-0.3, -0.25) is 4.79 Å². The smallest absolute Gasteiger partial charge is 0.242 e. The van der Waals surface area contributed by atoms with Crippen molar-refractivity contribution in [1.29, 1.82) is 0 Å². The Kier molecular flexibility index (Phi) is 5.16. The normalized spacial score (nSPS) is 20.7. The average Bonchev–Trinajstić information content (AvgIpc) is 2.60. The molecular weight excluding hydrogens is 300 g/mol. The first-order valence-electron chi connectivity index (χ1n) is 8.44. The summed E-state index contributed by atoms with van der Waals surface area (Å²) in [6, 6.07) is 18.4. The number of carbonyl (C=O) groups is 1. The van der Waals surface area contributed by atoms with Crippen LogP contribution in [0.5, 0.6) is 0 Å². The first kappa shape index (κ1) is 16.5. The molecule has 1 N–H and O–H groups in total. The van der Waals surface area contributed by atoms with E-state index in [9.17, 15) is 4.79 Å². The topological polar surface area (TPSA) is 41.6 Å². The minimum Gasteiger partial charge on any atom is -0.376 e. The lowest BCUT2D eigenvalue weighted by Gasteiger charge is -2.35. The van der Waals surface area contributed by atoms with E-state index in [1.165, 1.54) is 11.1 Å². The summed E-state index contributed by atoms with van der Waals surface area (Å²) in [7, 11) is 0. The number of morpholine rings is 1. The summed E-state index contributed by atoms with van der Waals surface area (Å²) in [5, 5.41) is 3.22. The average molecular weight is 324 g/mol. The Bertz CT molecular complexity index is 660. The van der Waals surface area contributed by atoms with Crippen LogP contribution in [0.3, 0.4) is 0 Å². The van der Waals surface area contributed by atoms with Gasteiger partial charge in [-0.25, -0.2) is 0 Å². The molecule has 0 radical (unpaired) electrons. The number of amides is 1. The molecule has 1 heterocycles. The van der Waals surface area contributed by atoms with E-state index in [2.05, 4.69) is 29.6 Å². The zero-order chi connectivity index (χ0) is 16.9. The Morgan fingerprint density at radius 3 is 2.21 bits per heavy atom. The van der Waals surface area contributed by atoms with Crippen LogP contribution < -0.4 is 5.32 Å². The molecule has 1 aliphatic rings. The standard InChI is InChI=1S/C20H24N2O2/c1-15-13-22(14-16(2)24-15)20(23)12-21-19-10-8-18(9-11-19)17-6-4-3-5-7-17/h3-11,15-16,21H,12-14H2,1-2H3. The molecule has 0 spiro atoms. The van der Waals surface area contributed by atoms with Crippen LogP contribution >= 0.6 is 0 Å². The molecule has 2 aromatic carbocycles. The number of ether oxygens (including phenoxy) is 1. The van der Waals surface area contributed by atoms with Crippen molar-refractivity contribution in [1.82, 2.24) is 4.90 Å². The first-order valence-corrected chi connectivity index (χ1v) is 8.44. The Balaban J connectivity index is 1.56. The molecule has 0 aromatic heterocycles. The monoisotopic (exact) mass is 324 g/mol. The van der Waals surface area contributed by atoms with E-state index in [4.69, 9.17) is 4.74 Å². The maximum Gasteiger partial charge on any atom is 0.242 e. The van der Waals surface area contributed by atoms with Gasteiger partial charge in [-0.2, -0.15) is 0 Å². The minimum atomic E-state index is 0.0999. The highest BCUT2D eigenvalue weighted by atomic mass is 16.5. The lowest BCUT2D eigenvalue weighted by molar-refractivity contribution is -0.141. The largest absolute Gasteiger partial charge is 0.376 e. The highest BCUT2D eigenvalue weighted by molar-refractivity contribution is 5.81. The van der Waals surface area contributed by atoms with Crippen molar-refractivity contribution in [3.8, 4) is 11.1 Å². The summed E-state index contributed by atoms with van der Waals surface area (Å²) < 4.78 is 5.67. The quantitative estimate of drug-likeness (QED) is 0.937. The maximum absolute atomic E-state index is 12.4. The second kappa shape index (κ2) is 7.49. The van der Waals surface area contributed by atoms with Crippen LogP contribution in [0.4, 0.5) is 5.69 Å². The highest BCUT2D eigenvalue weighted by Gasteiger charge is 2.25. The summed E-state index contributed by atoms with van der Waals surface area (Å²) in [6.45, 7) is 5.65. The van der Waals surface area contributed by atoms with Gasteiger partial charge in [-0.05, 0) is 37.1 Å². The first-order chi connectivity index (χ1) is 11.6. The Morgan fingerprint density at radius 2 is 1.58 bits per heavy atom. The van der Waals surface area contributed by atoms with Gasteiger partial charge in [0, 0.05) is 18.8 Å². The minimum absolute atomic E-state index is 0.0999. The molecule has 126 valence electrons. The van der Waals surface area contributed by atoms with Gasteiger partial charge in [-0.15, -0.1) is 0 Å². The summed E-state index contributed by atoms with van der Waals surface area (Å²) in [6.07, 6.45) is 0.200. The number of rotatable bonds is 4. The van der Waals surface area contributed by atoms with E-state index in [1.807, 2.05) is 49.1 Å². The number of hydrogen-bond donors (Lipinski definition) is 1. The van der Waals surface area contributed by atoms with E-state index in [0.717, 1.165) is 5.69 Å². The van der Waals surface area contributed by atoms with Crippen LogP contribution in [0, 0.1) is 0 Å². The molecule has 4 heteroatoms. The SMILES string of the molecule is CC1CN(C(=O)CNc2ccc(-c3ccccc3)cc2)CC(C)O1. The molecular formula is C20H24N2O2. The van der Waals surface area contributed by atoms with Gasteiger partial charge in [0.1, 0.15) is 0 Å². The van der Waals surface area contributed by atoms with Gasteiger partial charge in [0.15, 0.2) is 0 Å². The number of nitrogens with one attached hydrogen (secondary N) is 1. The second-order valence-corrected chi connectivity index (χ2v) is 6.35. The van der Waals surface area contributed by atoms with E-state index < -0.39 is 0 Å². The fraction of sp³-hybridized carbons (Fsp3) is 0.350. The van der Waals surface area contributed by atoms with Crippen molar-refractivity contribution in [3.05, 3.63) is 54.6 Å². The van der Waals surface area contributed by atoms with E-state index in [0.29, 0.717) is 19.6 Å². The molecule has 1 fully saturated rings. The summed E-state index contributed by atoms with van der Waals surface area (Å²) in [5.41, 5.74) is 3.32. The lowest BCUT2D eigenvalue weighted by Crippen LogP contribution is -2.49. The van der Waals surface area contributed by atoms with Crippen LogP contribution in [0.2, 0.25) is 0 Å². The van der Waals surface area contributed by atoms with Crippen LogP contribution in [-0.2, 0) is 9.53 Å². The van der Waals surface area contributed by atoms with E-state index in [1.54, 1.807) is 0 Å². The van der Waals surface area contributed by atoms with Gasteiger partial charge in [-0.1, -0.05) is 42.5 Å². The highest BCUT2D eigenvalue weighted by Crippen LogP contribution is 2.21. The molecule has 4 nitrogen and oxygen atoms in total.